The Morgan fingerprint density at radius 3 is 3.16 bits per heavy atom. The molecule has 4 rings (SSSR count). The van der Waals surface area contributed by atoms with Gasteiger partial charge >= 0.3 is 0 Å². The largest absolute Gasteiger partial charge is 0.396 e. The van der Waals surface area contributed by atoms with E-state index >= 15 is 0 Å². The topological polar surface area (TPSA) is 79.1 Å². The number of hydrogen-bond donors (Lipinski definition) is 2. The minimum Gasteiger partial charge on any atom is -0.396 e. The molecule has 2 N–H and O–H groups in total. The molecule has 0 bridgehead atoms. The molecule has 0 saturated carbocycles. The summed E-state index contributed by atoms with van der Waals surface area (Å²) >= 11 is 0. The quantitative estimate of drug-likeness (QED) is 0.849. The summed E-state index contributed by atoms with van der Waals surface area (Å²) in [6.07, 6.45) is 5.21. The molecule has 3 atom stereocenters. The highest BCUT2D eigenvalue weighted by molar-refractivity contribution is 6.00. The van der Waals surface area contributed by atoms with E-state index < -0.39 is 0 Å². The number of nitrogens with zero attached hydrogens (tertiary/aromatic N) is 3. The lowest BCUT2D eigenvalue weighted by Crippen LogP contribution is -2.46. The van der Waals surface area contributed by atoms with E-state index in [0.29, 0.717) is 24.6 Å². The van der Waals surface area contributed by atoms with E-state index in [0.717, 1.165) is 30.6 Å². The molecule has 0 unspecified atom stereocenters. The van der Waals surface area contributed by atoms with Crippen molar-refractivity contribution < 1.29 is 14.6 Å². The van der Waals surface area contributed by atoms with Crippen molar-refractivity contribution in [2.75, 3.05) is 26.3 Å². The van der Waals surface area contributed by atoms with Gasteiger partial charge in [-0.1, -0.05) is 6.07 Å². The molecule has 0 aliphatic carbocycles. The van der Waals surface area contributed by atoms with Crippen LogP contribution in [0.15, 0.2) is 24.5 Å². The second kappa shape index (κ2) is 6.74. The molecule has 1 amide bonds. The van der Waals surface area contributed by atoms with Gasteiger partial charge in [0.25, 0.3) is 5.91 Å². The molecule has 2 aliphatic rings. The molecule has 2 aliphatic heterocycles. The zero-order valence-electron chi connectivity index (χ0n) is 14.4. The number of hydrogen-bond acceptors (Lipinski definition) is 5. The fourth-order valence-corrected chi connectivity index (χ4v) is 3.89. The molecule has 2 fully saturated rings. The summed E-state index contributed by atoms with van der Waals surface area (Å²) in [5.41, 5.74) is 2.54. The van der Waals surface area contributed by atoms with Crippen molar-refractivity contribution >= 4 is 11.4 Å². The molecular weight excluding hydrogens is 320 g/mol. The van der Waals surface area contributed by atoms with Gasteiger partial charge in [0.15, 0.2) is 0 Å². The summed E-state index contributed by atoms with van der Waals surface area (Å²) in [6.45, 7) is 4.49. The molecule has 0 aromatic carbocycles. The SMILES string of the molecule is Cc1ccc2c(C(=O)N[C@@H]3C[C@H]4CO[C@@H](CCO)CN4C3)cnn2c1. The van der Waals surface area contributed by atoms with Crippen molar-refractivity contribution in [3.63, 3.8) is 0 Å². The lowest BCUT2D eigenvalue weighted by atomic mass is 10.1. The summed E-state index contributed by atoms with van der Waals surface area (Å²) in [6, 6.07) is 4.39. The van der Waals surface area contributed by atoms with Crippen molar-refractivity contribution in [3.8, 4) is 0 Å². The molecule has 7 nitrogen and oxygen atoms in total. The number of aliphatic hydroxyl groups excluding tert-OH is 1. The normalized spacial score (nSPS) is 26.7. The van der Waals surface area contributed by atoms with Gasteiger partial charge in [0, 0.05) is 38.0 Å². The van der Waals surface area contributed by atoms with Crippen molar-refractivity contribution in [2.45, 2.75) is 38.0 Å². The van der Waals surface area contributed by atoms with E-state index in [1.165, 1.54) is 0 Å². The molecular formula is C18H24N4O3. The summed E-state index contributed by atoms with van der Waals surface area (Å²) < 4.78 is 7.54. The van der Waals surface area contributed by atoms with E-state index in [4.69, 9.17) is 9.84 Å². The molecule has 4 heterocycles. The zero-order chi connectivity index (χ0) is 17.4. The number of aromatic nitrogens is 2. The van der Waals surface area contributed by atoms with Crippen molar-refractivity contribution in [1.82, 2.24) is 19.8 Å². The molecule has 0 radical (unpaired) electrons. The fourth-order valence-electron chi connectivity index (χ4n) is 3.89. The van der Waals surface area contributed by atoms with Gasteiger partial charge in [-0.3, -0.25) is 9.69 Å². The first kappa shape index (κ1) is 16.5. The van der Waals surface area contributed by atoms with Gasteiger partial charge < -0.3 is 15.2 Å². The maximum Gasteiger partial charge on any atom is 0.255 e. The Morgan fingerprint density at radius 2 is 2.32 bits per heavy atom. The highest BCUT2D eigenvalue weighted by atomic mass is 16.5. The molecule has 134 valence electrons. The van der Waals surface area contributed by atoms with Crippen LogP contribution in [0.4, 0.5) is 0 Å². The number of carbonyl (C=O) groups excluding carboxylic acids is 1. The maximum atomic E-state index is 12.7. The van der Waals surface area contributed by atoms with E-state index in [1.54, 1.807) is 10.7 Å². The molecule has 0 spiro atoms. The lowest BCUT2D eigenvalue weighted by molar-refractivity contribution is -0.0566. The Balaban J connectivity index is 1.41. The number of ether oxygens (including phenoxy) is 1. The summed E-state index contributed by atoms with van der Waals surface area (Å²) in [7, 11) is 0. The minimum atomic E-state index is -0.0727. The Kier molecular flexibility index (Phi) is 4.45. The predicted molar refractivity (Wildman–Crippen MR) is 92.6 cm³/mol. The molecule has 25 heavy (non-hydrogen) atoms. The average molecular weight is 344 g/mol. The van der Waals surface area contributed by atoms with E-state index in [2.05, 4.69) is 15.3 Å². The van der Waals surface area contributed by atoms with Gasteiger partial charge in [-0.2, -0.15) is 5.10 Å². The van der Waals surface area contributed by atoms with Crippen molar-refractivity contribution in [2.24, 2.45) is 0 Å². The van der Waals surface area contributed by atoms with E-state index in [-0.39, 0.29) is 24.7 Å². The average Bonchev–Trinajstić information content (AvgIpc) is 3.17. The zero-order valence-corrected chi connectivity index (χ0v) is 14.4. The molecule has 2 aromatic heterocycles. The Morgan fingerprint density at radius 1 is 1.44 bits per heavy atom. The second-order valence-electron chi connectivity index (χ2n) is 7.08. The van der Waals surface area contributed by atoms with Crippen LogP contribution >= 0.6 is 0 Å². The van der Waals surface area contributed by atoms with E-state index in [9.17, 15) is 4.79 Å². The number of aryl methyl sites for hydroxylation is 1. The maximum absolute atomic E-state index is 12.7. The van der Waals surface area contributed by atoms with Crippen LogP contribution in [0.3, 0.4) is 0 Å². The third kappa shape index (κ3) is 3.27. The monoisotopic (exact) mass is 344 g/mol. The van der Waals surface area contributed by atoms with Crippen LogP contribution in [0, 0.1) is 6.92 Å². The van der Waals surface area contributed by atoms with Gasteiger partial charge in [-0.05, 0) is 31.4 Å². The van der Waals surface area contributed by atoms with Crippen LogP contribution in [0.1, 0.15) is 28.8 Å². The van der Waals surface area contributed by atoms with Gasteiger partial charge in [-0.15, -0.1) is 0 Å². The van der Waals surface area contributed by atoms with Crippen LogP contribution in [-0.4, -0.2) is 70.0 Å². The Labute approximate surface area is 146 Å². The second-order valence-corrected chi connectivity index (χ2v) is 7.08. The number of morpholine rings is 1. The number of aliphatic hydroxyl groups is 1. The van der Waals surface area contributed by atoms with Crippen LogP contribution in [0.5, 0.6) is 0 Å². The van der Waals surface area contributed by atoms with Gasteiger partial charge in [0.2, 0.25) is 0 Å². The number of pyridine rings is 1. The minimum absolute atomic E-state index is 0.0727. The first-order chi connectivity index (χ1) is 12.1. The third-order valence-corrected chi connectivity index (χ3v) is 5.19. The van der Waals surface area contributed by atoms with E-state index in [1.807, 2.05) is 25.3 Å². The predicted octanol–water partition coefficient (Wildman–Crippen LogP) is 0.597. The Bertz CT molecular complexity index is 775. The number of fused-ring (bicyclic) bond motifs is 2. The Hall–Kier alpha value is -1.96. The van der Waals surface area contributed by atoms with Gasteiger partial charge in [-0.25, -0.2) is 4.52 Å². The highest BCUT2D eigenvalue weighted by Gasteiger charge is 2.37. The molecule has 2 aromatic rings. The van der Waals surface area contributed by atoms with Gasteiger partial charge in [0.1, 0.15) is 0 Å². The number of rotatable bonds is 4. The van der Waals surface area contributed by atoms with Crippen LogP contribution in [0.25, 0.3) is 5.52 Å². The van der Waals surface area contributed by atoms with Crippen molar-refractivity contribution in [3.05, 3.63) is 35.7 Å². The first-order valence-corrected chi connectivity index (χ1v) is 8.85. The molecule has 7 heteroatoms. The fraction of sp³-hybridized carbons (Fsp3) is 0.556. The number of carbonyl (C=O) groups is 1. The lowest BCUT2D eigenvalue weighted by Gasteiger charge is -2.34. The summed E-state index contributed by atoms with van der Waals surface area (Å²) in [5, 5.41) is 16.5. The van der Waals surface area contributed by atoms with Crippen LogP contribution in [0.2, 0.25) is 0 Å². The van der Waals surface area contributed by atoms with Crippen LogP contribution < -0.4 is 5.32 Å². The smallest absolute Gasteiger partial charge is 0.255 e. The first-order valence-electron chi connectivity index (χ1n) is 8.85. The third-order valence-electron chi connectivity index (χ3n) is 5.19. The van der Waals surface area contributed by atoms with Crippen molar-refractivity contribution in [1.29, 1.82) is 0 Å². The highest BCUT2D eigenvalue weighted by Crippen LogP contribution is 2.24. The number of amides is 1. The van der Waals surface area contributed by atoms with Crippen LogP contribution in [-0.2, 0) is 4.74 Å². The standard InChI is InChI=1S/C18H24N4O3/c1-12-2-3-17-16(7-19-22(17)8-12)18(24)20-13-6-14-11-25-15(4-5-23)10-21(14)9-13/h2-3,7-8,13-15,23H,4-6,9-11H2,1H3,(H,20,24)/t13-,14+,15+/m1/s1. The number of nitrogens with one attached hydrogen (secondary N) is 1. The molecule has 2 saturated heterocycles. The summed E-state index contributed by atoms with van der Waals surface area (Å²) in [4.78, 5) is 15.1. The van der Waals surface area contributed by atoms with Gasteiger partial charge in [0.05, 0.1) is 30.0 Å². The summed E-state index contributed by atoms with van der Waals surface area (Å²) in [5.74, 6) is -0.0727.